The van der Waals surface area contributed by atoms with E-state index < -0.39 is 0 Å². The fourth-order valence-electron chi connectivity index (χ4n) is 1.51. The Morgan fingerprint density at radius 3 is 3.08 bits per heavy atom. The Morgan fingerprint density at radius 1 is 1.46 bits per heavy atom. The van der Waals surface area contributed by atoms with Crippen LogP contribution in [-0.4, -0.2) is 6.04 Å². The van der Waals surface area contributed by atoms with Gasteiger partial charge in [-0.05, 0) is 30.2 Å². The van der Waals surface area contributed by atoms with Crippen molar-refractivity contribution in [1.29, 1.82) is 0 Å². The number of alkyl halides is 1. The molecule has 13 heavy (non-hydrogen) atoms. The molecule has 0 spiro atoms. The van der Waals surface area contributed by atoms with Crippen molar-refractivity contribution in [1.82, 2.24) is 0 Å². The maximum atomic E-state index is 3.45. The van der Waals surface area contributed by atoms with Crippen molar-refractivity contribution >= 4 is 27.7 Å². The highest BCUT2D eigenvalue weighted by atomic mass is 79.9. The highest BCUT2D eigenvalue weighted by molar-refractivity contribution is 9.08. The third-order valence-electron chi connectivity index (χ3n) is 2.22. The van der Waals surface area contributed by atoms with E-state index in [1.54, 1.807) is 0 Å². The molecule has 1 atom stereocenters. The van der Waals surface area contributed by atoms with Crippen LogP contribution in [0.15, 0.2) is 24.3 Å². The zero-order valence-electron chi connectivity index (χ0n) is 7.55. The van der Waals surface area contributed by atoms with E-state index in [0.717, 1.165) is 5.33 Å². The van der Waals surface area contributed by atoms with Crippen molar-refractivity contribution < 1.29 is 0 Å². The van der Waals surface area contributed by atoms with Crippen LogP contribution in [-0.2, 0) is 5.33 Å². The van der Waals surface area contributed by atoms with Gasteiger partial charge in [-0.1, -0.05) is 34.1 Å². The second-order valence-corrected chi connectivity index (χ2v) is 3.91. The summed E-state index contributed by atoms with van der Waals surface area (Å²) in [7, 11) is 0. The van der Waals surface area contributed by atoms with E-state index in [9.17, 15) is 0 Å². The van der Waals surface area contributed by atoms with Gasteiger partial charge in [0.05, 0.1) is 0 Å². The van der Waals surface area contributed by atoms with Gasteiger partial charge in [0.25, 0.3) is 0 Å². The molecule has 1 heterocycles. The summed E-state index contributed by atoms with van der Waals surface area (Å²) in [5.74, 6) is 0. The minimum Gasteiger partial charge on any atom is -0.379 e. The maximum Gasteiger partial charge on any atom is 0.0419 e. The molecule has 0 radical (unpaired) electrons. The minimum atomic E-state index is 0.447. The van der Waals surface area contributed by atoms with Gasteiger partial charge in [0, 0.05) is 17.1 Å². The second-order valence-electron chi connectivity index (χ2n) is 3.35. The molecule has 2 rings (SSSR count). The van der Waals surface area contributed by atoms with E-state index in [2.05, 4.69) is 58.5 Å². The summed E-state index contributed by atoms with van der Waals surface area (Å²) >= 11 is 3.45. The molecule has 0 amide bonds. The molecular weight excluding hydrogens is 226 g/mol. The van der Waals surface area contributed by atoms with E-state index in [-0.39, 0.29) is 0 Å². The van der Waals surface area contributed by atoms with Gasteiger partial charge in [-0.25, -0.2) is 0 Å². The van der Waals surface area contributed by atoms with Crippen LogP contribution >= 0.6 is 15.9 Å². The summed E-state index contributed by atoms with van der Waals surface area (Å²) in [5.41, 5.74) is 3.84. The molecule has 68 valence electrons. The Bertz CT molecular complexity index is 344. The Kier molecular flexibility index (Phi) is 2.40. The van der Waals surface area contributed by atoms with Gasteiger partial charge in [-0.15, -0.1) is 0 Å². The molecule has 1 aliphatic heterocycles. The number of fused-ring (bicyclic) bond motifs is 1. The molecule has 1 nitrogen and oxygen atoms in total. The first-order valence-corrected chi connectivity index (χ1v) is 5.55. The average Bonchev–Trinajstić information content (AvgIpc) is 2.17. The predicted molar refractivity (Wildman–Crippen MR) is 61.2 cm³/mol. The van der Waals surface area contributed by atoms with Crippen molar-refractivity contribution in [2.24, 2.45) is 0 Å². The third-order valence-corrected chi connectivity index (χ3v) is 2.87. The highest BCUT2D eigenvalue weighted by Crippen LogP contribution is 2.24. The summed E-state index contributed by atoms with van der Waals surface area (Å²) in [6, 6.07) is 6.94. The van der Waals surface area contributed by atoms with Crippen LogP contribution in [0.1, 0.15) is 18.1 Å². The van der Waals surface area contributed by atoms with Gasteiger partial charge in [0.1, 0.15) is 0 Å². The summed E-state index contributed by atoms with van der Waals surface area (Å²) in [6.45, 7) is 2.15. The lowest BCUT2D eigenvalue weighted by molar-refractivity contribution is 0.992. The first kappa shape index (κ1) is 8.82. The van der Waals surface area contributed by atoms with E-state index in [1.165, 1.54) is 16.8 Å². The average molecular weight is 238 g/mol. The first-order valence-electron chi connectivity index (χ1n) is 4.43. The zero-order valence-corrected chi connectivity index (χ0v) is 9.14. The van der Waals surface area contributed by atoms with Crippen LogP contribution in [0.5, 0.6) is 0 Å². The fraction of sp³-hybridized carbons (Fsp3) is 0.273. The molecule has 1 aromatic carbocycles. The molecule has 1 unspecified atom stereocenters. The van der Waals surface area contributed by atoms with Crippen molar-refractivity contribution in [3.05, 3.63) is 35.4 Å². The van der Waals surface area contributed by atoms with E-state index >= 15 is 0 Å². The van der Waals surface area contributed by atoms with Gasteiger partial charge in [0.15, 0.2) is 0 Å². The molecule has 0 aliphatic carbocycles. The second kappa shape index (κ2) is 3.54. The smallest absolute Gasteiger partial charge is 0.0419 e. The summed E-state index contributed by atoms with van der Waals surface area (Å²) in [5, 5.41) is 4.33. The van der Waals surface area contributed by atoms with Crippen LogP contribution in [0.3, 0.4) is 0 Å². The van der Waals surface area contributed by atoms with Crippen molar-refractivity contribution in [3.63, 3.8) is 0 Å². The molecule has 2 heteroatoms. The Hall–Kier alpha value is -0.760. The molecule has 1 N–H and O–H groups in total. The fourth-order valence-corrected chi connectivity index (χ4v) is 1.85. The summed E-state index contributed by atoms with van der Waals surface area (Å²) < 4.78 is 0. The number of rotatable bonds is 1. The van der Waals surface area contributed by atoms with Gasteiger partial charge >= 0.3 is 0 Å². The molecular formula is C11H12BrN. The molecule has 1 aromatic rings. The van der Waals surface area contributed by atoms with Crippen molar-refractivity contribution in [3.8, 4) is 0 Å². The first-order chi connectivity index (χ1) is 6.29. The Balaban J connectivity index is 2.40. The summed E-state index contributed by atoms with van der Waals surface area (Å²) in [6.07, 6.45) is 4.36. The summed E-state index contributed by atoms with van der Waals surface area (Å²) in [4.78, 5) is 0. The maximum absolute atomic E-state index is 3.45. The lowest BCUT2D eigenvalue weighted by Gasteiger charge is -2.19. The topological polar surface area (TPSA) is 12.0 Å². The molecule has 0 saturated heterocycles. The van der Waals surface area contributed by atoms with Crippen LogP contribution in [0.4, 0.5) is 5.69 Å². The number of hydrogen-bond acceptors (Lipinski definition) is 1. The number of hydrogen-bond donors (Lipinski definition) is 1. The lowest BCUT2D eigenvalue weighted by atomic mass is 10.0. The van der Waals surface area contributed by atoms with Gasteiger partial charge in [-0.2, -0.15) is 0 Å². The van der Waals surface area contributed by atoms with E-state index in [1.807, 2.05) is 0 Å². The zero-order chi connectivity index (χ0) is 9.26. The van der Waals surface area contributed by atoms with Crippen molar-refractivity contribution in [2.75, 3.05) is 5.32 Å². The van der Waals surface area contributed by atoms with Crippen LogP contribution in [0.25, 0.3) is 6.08 Å². The molecule has 1 aliphatic rings. The van der Waals surface area contributed by atoms with E-state index in [0.29, 0.717) is 6.04 Å². The van der Waals surface area contributed by atoms with E-state index in [4.69, 9.17) is 0 Å². The Labute approximate surface area is 87.0 Å². The van der Waals surface area contributed by atoms with Crippen LogP contribution in [0.2, 0.25) is 0 Å². The standard InChI is InChI=1S/C11H12BrN/c1-8-2-4-10-6-9(7-12)3-5-11(10)13-8/h2-6,8,13H,7H2,1H3. The lowest BCUT2D eigenvalue weighted by Crippen LogP contribution is -2.15. The number of nitrogens with one attached hydrogen (secondary N) is 1. The Morgan fingerprint density at radius 2 is 2.31 bits per heavy atom. The number of benzene rings is 1. The van der Waals surface area contributed by atoms with Gasteiger partial charge < -0.3 is 5.32 Å². The normalized spacial score (nSPS) is 19.4. The van der Waals surface area contributed by atoms with Gasteiger partial charge in [-0.3, -0.25) is 0 Å². The van der Waals surface area contributed by atoms with Crippen LogP contribution in [0, 0.1) is 0 Å². The van der Waals surface area contributed by atoms with Crippen LogP contribution < -0.4 is 5.32 Å². The quantitative estimate of drug-likeness (QED) is 0.739. The predicted octanol–water partition coefficient (Wildman–Crippen LogP) is 3.41. The number of halogens is 1. The monoisotopic (exact) mass is 237 g/mol. The molecule has 0 aromatic heterocycles. The number of anilines is 1. The molecule has 0 bridgehead atoms. The molecule has 0 fully saturated rings. The molecule has 0 saturated carbocycles. The SMILES string of the molecule is CC1C=Cc2cc(CBr)ccc2N1. The minimum absolute atomic E-state index is 0.447. The van der Waals surface area contributed by atoms with Gasteiger partial charge in [0.2, 0.25) is 0 Å². The highest BCUT2D eigenvalue weighted by Gasteiger charge is 2.07. The van der Waals surface area contributed by atoms with Crippen molar-refractivity contribution in [2.45, 2.75) is 18.3 Å². The largest absolute Gasteiger partial charge is 0.379 e. The third kappa shape index (κ3) is 1.78.